The van der Waals surface area contributed by atoms with E-state index in [0.717, 1.165) is 31.3 Å². The Morgan fingerprint density at radius 2 is 1.61 bits per heavy atom. The highest BCUT2D eigenvalue weighted by Crippen LogP contribution is 2.28. The fourth-order valence-electron chi connectivity index (χ4n) is 2.27. The lowest BCUT2D eigenvalue weighted by atomic mass is 10.1. The number of imidazole rings is 1. The Morgan fingerprint density at radius 3 is 2.26 bits per heavy atom. The minimum atomic E-state index is 0. The van der Waals surface area contributed by atoms with Gasteiger partial charge in [0, 0.05) is 15.6 Å². The van der Waals surface area contributed by atoms with E-state index in [9.17, 15) is 0 Å². The third-order valence-corrected chi connectivity index (χ3v) is 4.98. The first-order chi connectivity index (χ1) is 10.7. The van der Waals surface area contributed by atoms with Gasteiger partial charge in [-0.05, 0) is 19.1 Å². The number of fused-ring (bicyclic) bond motifs is 1. The summed E-state index contributed by atoms with van der Waals surface area (Å²) in [5.41, 5.74) is 4.44. The molecule has 0 aliphatic heterocycles. The predicted octanol–water partition coefficient (Wildman–Crippen LogP) is 2.20. The molecule has 2 aromatic carbocycles. The number of nitrogens with zero attached hydrogens (tertiary/aromatic N) is 3. The molecule has 0 unspecified atom stereocenters. The van der Waals surface area contributed by atoms with Gasteiger partial charge in [0.1, 0.15) is 5.01 Å². The van der Waals surface area contributed by atoms with Gasteiger partial charge in [-0.2, -0.15) is 5.10 Å². The molecule has 0 radical (unpaired) electrons. The summed E-state index contributed by atoms with van der Waals surface area (Å²) in [6.07, 6.45) is 1.98. The maximum absolute atomic E-state index is 4.69. The summed E-state index contributed by atoms with van der Waals surface area (Å²) in [7, 11) is 0. The van der Waals surface area contributed by atoms with Crippen molar-refractivity contribution >= 4 is 32.2 Å². The number of hydrogen-bond acceptors (Lipinski definition) is 3. The molecule has 2 heterocycles. The molecule has 2 aromatic heterocycles. The van der Waals surface area contributed by atoms with Gasteiger partial charge in [0.15, 0.2) is 0 Å². The molecule has 0 aliphatic rings. The highest BCUT2D eigenvalue weighted by Gasteiger charge is 2.10. The lowest BCUT2D eigenvalue weighted by molar-refractivity contribution is -0.00000428. The molecule has 4 rings (SSSR count). The zero-order chi connectivity index (χ0) is 15.1. The second-order valence-corrected chi connectivity index (χ2v) is 7.01. The monoisotopic (exact) mass is 448 g/mol. The van der Waals surface area contributed by atoms with Crippen LogP contribution < -0.4 is 17.0 Å². The summed E-state index contributed by atoms with van der Waals surface area (Å²) < 4.78 is 2.93. The van der Waals surface area contributed by atoms with Crippen molar-refractivity contribution in [3.8, 4) is 21.8 Å². The summed E-state index contributed by atoms with van der Waals surface area (Å²) in [6.45, 7) is 2.08. The number of aryl methyl sites for hydroxylation is 1. The Kier molecular flexibility index (Phi) is 4.66. The van der Waals surface area contributed by atoms with E-state index in [2.05, 4.69) is 69.3 Å². The fraction of sp³-hybridized carbons (Fsp3) is 0.0588. The first kappa shape index (κ1) is 16.4. The van der Waals surface area contributed by atoms with Crippen LogP contribution >= 0.6 is 27.3 Å². The number of benzene rings is 2. The quantitative estimate of drug-likeness (QED) is 0.469. The zero-order valence-electron chi connectivity index (χ0n) is 12.2. The molecular formula is C17H12Br2N3S-. The van der Waals surface area contributed by atoms with E-state index in [1.165, 1.54) is 5.56 Å². The van der Waals surface area contributed by atoms with Crippen molar-refractivity contribution in [3.63, 3.8) is 0 Å². The second-order valence-electron chi connectivity index (χ2n) is 5.13. The minimum Gasteiger partial charge on any atom is -1.00 e. The van der Waals surface area contributed by atoms with E-state index in [0.29, 0.717) is 0 Å². The average Bonchev–Trinajstić information content (AvgIpc) is 3.07. The van der Waals surface area contributed by atoms with E-state index >= 15 is 0 Å². The van der Waals surface area contributed by atoms with Crippen molar-refractivity contribution in [2.24, 2.45) is 0 Å². The summed E-state index contributed by atoms with van der Waals surface area (Å²) in [5, 5.41) is 5.61. The maximum atomic E-state index is 4.69. The Hall–Kier alpha value is -1.50. The molecule has 0 bridgehead atoms. The van der Waals surface area contributed by atoms with Crippen molar-refractivity contribution in [1.82, 2.24) is 14.6 Å². The fourth-order valence-corrected chi connectivity index (χ4v) is 3.42. The Balaban J connectivity index is 0.00000156. The van der Waals surface area contributed by atoms with Crippen LogP contribution in [0.25, 0.3) is 26.8 Å². The van der Waals surface area contributed by atoms with Crippen molar-refractivity contribution in [3.05, 3.63) is 64.8 Å². The molecule has 0 saturated heterocycles. The Labute approximate surface area is 156 Å². The predicted molar refractivity (Wildman–Crippen MR) is 94.2 cm³/mol. The van der Waals surface area contributed by atoms with Crippen LogP contribution in [0.4, 0.5) is 0 Å². The molecule has 6 heteroatoms. The lowest BCUT2D eigenvalue weighted by Gasteiger charge is -1.97. The van der Waals surface area contributed by atoms with Gasteiger partial charge in [-0.3, -0.25) is 0 Å². The lowest BCUT2D eigenvalue weighted by Crippen LogP contribution is -3.00. The summed E-state index contributed by atoms with van der Waals surface area (Å²) >= 11 is 5.05. The third-order valence-electron chi connectivity index (χ3n) is 3.48. The Bertz CT molecular complexity index is 834. The van der Waals surface area contributed by atoms with Crippen LogP contribution in [-0.2, 0) is 0 Å². The van der Waals surface area contributed by atoms with Gasteiger partial charge < -0.3 is 17.0 Å². The van der Waals surface area contributed by atoms with Crippen molar-refractivity contribution in [2.75, 3.05) is 0 Å². The van der Waals surface area contributed by atoms with Gasteiger partial charge in [-0.15, -0.1) is 0 Å². The van der Waals surface area contributed by atoms with Crippen molar-refractivity contribution < 1.29 is 17.0 Å². The van der Waals surface area contributed by atoms with E-state index < -0.39 is 0 Å². The number of hydrogen-bond donors (Lipinski definition) is 0. The minimum absolute atomic E-state index is 0. The first-order valence-corrected chi connectivity index (χ1v) is 8.49. The molecule has 116 valence electrons. The molecule has 0 spiro atoms. The molecule has 0 N–H and O–H groups in total. The van der Waals surface area contributed by atoms with Crippen molar-refractivity contribution in [1.29, 1.82) is 0 Å². The largest absolute Gasteiger partial charge is 1.00 e. The van der Waals surface area contributed by atoms with E-state index in [4.69, 9.17) is 0 Å². The molecule has 0 fully saturated rings. The average molecular weight is 450 g/mol. The molecular weight excluding hydrogens is 438 g/mol. The molecule has 3 nitrogen and oxygen atoms in total. The van der Waals surface area contributed by atoms with Gasteiger partial charge >= 0.3 is 0 Å². The molecule has 23 heavy (non-hydrogen) atoms. The van der Waals surface area contributed by atoms with Gasteiger partial charge in [0.2, 0.25) is 4.96 Å². The van der Waals surface area contributed by atoms with E-state index in [1.54, 1.807) is 11.3 Å². The van der Waals surface area contributed by atoms with Gasteiger partial charge in [0.05, 0.1) is 11.9 Å². The number of aromatic nitrogens is 3. The summed E-state index contributed by atoms with van der Waals surface area (Å²) in [4.78, 5) is 5.60. The highest BCUT2D eigenvalue weighted by atomic mass is 79.9. The standard InChI is InChI=1S/C17H12BrN3S.BrH/c1-11-2-4-12(5-3-11)15-10-21-17(19-15)22-16(20-21)13-6-8-14(18)9-7-13;/h2-10H,1H3;1H/p-1. The van der Waals surface area contributed by atoms with Crippen LogP contribution in [0.2, 0.25) is 0 Å². The van der Waals surface area contributed by atoms with E-state index in [1.807, 2.05) is 22.8 Å². The second kappa shape index (κ2) is 6.55. The highest BCUT2D eigenvalue weighted by molar-refractivity contribution is 9.10. The van der Waals surface area contributed by atoms with Crippen LogP contribution in [0.3, 0.4) is 0 Å². The van der Waals surface area contributed by atoms with Crippen LogP contribution in [0, 0.1) is 6.92 Å². The smallest absolute Gasteiger partial charge is 0.213 e. The maximum Gasteiger partial charge on any atom is 0.213 e. The normalized spacial score (nSPS) is 10.7. The molecule has 0 aliphatic carbocycles. The van der Waals surface area contributed by atoms with Gasteiger partial charge in [-0.1, -0.05) is 69.2 Å². The van der Waals surface area contributed by atoms with Gasteiger partial charge in [0.25, 0.3) is 0 Å². The van der Waals surface area contributed by atoms with Crippen LogP contribution in [0.15, 0.2) is 59.2 Å². The summed E-state index contributed by atoms with van der Waals surface area (Å²) in [5.74, 6) is 0. The van der Waals surface area contributed by atoms with Gasteiger partial charge in [-0.25, -0.2) is 9.50 Å². The Morgan fingerprint density at radius 1 is 0.957 bits per heavy atom. The topological polar surface area (TPSA) is 30.2 Å². The van der Waals surface area contributed by atoms with Crippen molar-refractivity contribution in [2.45, 2.75) is 6.92 Å². The van der Waals surface area contributed by atoms with E-state index in [-0.39, 0.29) is 17.0 Å². The SMILES string of the molecule is Cc1ccc(-c2cn3nc(-c4ccc(Br)cc4)sc3n2)cc1.[Br-]. The first-order valence-electron chi connectivity index (χ1n) is 6.88. The summed E-state index contributed by atoms with van der Waals surface area (Å²) in [6, 6.07) is 16.6. The number of rotatable bonds is 2. The zero-order valence-corrected chi connectivity index (χ0v) is 16.2. The molecule has 4 aromatic rings. The van der Waals surface area contributed by atoms with Crippen LogP contribution in [0.1, 0.15) is 5.56 Å². The number of halogens is 2. The van der Waals surface area contributed by atoms with Crippen LogP contribution in [0.5, 0.6) is 0 Å². The van der Waals surface area contributed by atoms with Crippen LogP contribution in [-0.4, -0.2) is 14.6 Å². The molecule has 0 atom stereocenters. The molecule has 0 amide bonds. The third kappa shape index (κ3) is 3.24. The molecule has 0 saturated carbocycles.